The van der Waals surface area contributed by atoms with Crippen LogP contribution in [0.2, 0.25) is 5.02 Å². The molecule has 0 N–H and O–H groups in total. The summed E-state index contributed by atoms with van der Waals surface area (Å²) >= 11 is 9.30. The van der Waals surface area contributed by atoms with E-state index in [9.17, 15) is 9.59 Å². The lowest BCUT2D eigenvalue weighted by Crippen LogP contribution is -2.44. The molecule has 1 aliphatic heterocycles. The van der Waals surface area contributed by atoms with Crippen LogP contribution in [0, 0.1) is 5.92 Å². The zero-order valence-corrected chi connectivity index (χ0v) is 13.0. The van der Waals surface area contributed by atoms with Gasteiger partial charge in [-0.1, -0.05) is 18.5 Å². The molecule has 0 aromatic heterocycles. The van der Waals surface area contributed by atoms with E-state index < -0.39 is 0 Å². The molecule has 0 saturated carbocycles. The third-order valence-corrected chi connectivity index (χ3v) is 4.39. The number of Topliss-reactive ketones (excluding diaryl/α,β-unsaturated/α-hetero) is 1. The van der Waals surface area contributed by atoms with Crippen LogP contribution in [-0.2, 0) is 4.79 Å². The van der Waals surface area contributed by atoms with Crippen molar-refractivity contribution in [2.24, 2.45) is 5.92 Å². The number of likely N-dealkylation sites (tertiary alicyclic amines) is 1. The van der Waals surface area contributed by atoms with Gasteiger partial charge in [0.15, 0.2) is 0 Å². The third-order valence-electron chi connectivity index (χ3n) is 3.46. The van der Waals surface area contributed by atoms with Gasteiger partial charge in [-0.05, 0) is 40.5 Å². The Kier molecular flexibility index (Phi) is 4.63. The highest BCUT2D eigenvalue weighted by atomic mass is 79.9. The Morgan fingerprint density at radius 2 is 2.26 bits per heavy atom. The van der Waals surface area contributed by atoms with Crippen molar-refractivity contribution in [1.29, 1.82) is 0 Å². The first-order chi connectivity index (χ1) is 9.02. The van der Waals surface area contributed by atoms with E-state index in [0.717, 1.165) is 10.9 Å². The molecular formula is C14H15BrClNO2. The molecule has 2 rings (SSSR count). The molecule has 3 nitrogen and oxygen atoms in total. The van der Waals surface area contributed by atoms with E-state index in [1.807, 2.05) is 6.92 Å². The Morgan fingerprint density at radius 1 is 1.53 bits per heavy atom. The predicted molar refractivity (Wildman–Crippen MR) is 78.5 cm³/mol. The van der Waals surface area contributed by atoms with Gasteiger partial charge in [-0.3, -0.25) is 9.59 Å². The number of carbonyl (C=O) groups excluding carboxylic acids is 2. The maximum Gasteiger partial charge on any atom is 0.255 e. The molecule has 1 aromatic carbocycles. The number of nitrogens with zero attached hydrogens (tertiary/aromatic N) is 1. The molecule has 5 heteroatoms. The van der Waals surface area contributed by atoms with Crippen molar-refractivity contribution >= 4 is 39.2 Å². The summed E-state index contributed by atoms with van der Waals surface area (Å²) in [4.78, 5) is 25.9. The van der Waals surface area contributed by atoms with Crippen LogP contribution in [0.3, 0.4) is 0 Å². The Balaban J connectivity index is 2.20. The smallest absolute Gasteiger partial charge is 0.255 e. The normalized spacial score (nSPS) is 19.6. The highest BCUT2D eigenvalue weighted by Crippen LogP contribution is 2.25. The van der Waals surface area contributed by atoms with Crippen LogP contribution in [-0.4, -0.2) is 29.7 Å². The first-order valence-electron chi connectivity index (χ1n) is 6.30. The molecule has 1 atom stereocenters. The Labute approximate surface area is 126 Å². The van der Waals surface area contributed by atoms with Crippen molar-refractivity contribution in [2.75, 3.05) is 13.1 Å². The van der Waals surface area contributed by atoms with Gasteiger partial charge in [0.1, 0.15) is 5.78 Å². The van der Waals surface area contributed by atoms with Gasteiger partial charge in [0, 0.05) is 34.9 Å². The molecule has 0 radical (unpaired) electrons. The molecule has 0 bridgehead atoms. The van der Waals surface area contributed by atoms with Crippen LogP contribution < -0.4 is 0 Å². The summed E-state index contributed by atoms with van der Waals surface area (Å²) in [6.45, 7) is 2.98. The van der Waals surface area contributed by atoms with Crippen molar-refractivity contribution in [3.8, 4) is 0 Å². The number of benzene rings is 1. The van der Waals surface area contributed by atoms with Gasteiger partial charge in [0.2, 0.25) is 0 Å². The van der Waals surface area contributed by atoms with Crippen molar-refractivity contribution < 1.29 is 9.59 Å². The summed E-state index contributed by atoms with van der Waals surface area (Å²) in [6.07, 6.45) is 1.22. The van der Waals surface area contributed by atoms with E-state index in [-0.39, 0.29) is 17.6 Å². The van der Waals surface area contributed by atoms with Gasteiger partial charge in [0.25, 0.3) is 5.91 Å². The zero-order chi connectivity index (χ0) is 14.0. The number of ketones is 1. The summed E-state index contributed by atoms with van der Waals surface area (Å²) in [5, 5.41) is 0.534. The number of hydrogen-bond acceptors (Lipinski definition) is 2. The van der Waals surface area contributed by atoms with Crippen molar-refractivity contribution in [3.63, 3.8) is 0 Å². The molecule has 19 heavy (non-hydrogen) atoms. The minimum absolute atomic E-state index is 0.0318. The second kappa shape index (κ2) is 6.06. The van der Waals surface area contributed by atoms with Crippen LogP contribution in [0.1, 0.15) is 30.1 Å². The van der Waals surface area contributed by atoms with Crippen molar-refractivity contribution in [3.05, 3.63) is 33.3 Å². The van der Waals surface area contributed by atoms with Gasteiger partial charge in [0.05, 0.1) is 5.56 Å². The first-order valence-corrected chi connectivity index (χ1v) is 7.47. The van der Waals surface area contributed by atoms with Crippen LogP contribution in [0.15, 0.2) is 22.7 Å². The second-order valence-corrected chi connectivity index (χ2v) is 5.99. The highest BCUT2D eigenvalue weighted by molar-refractivity contribution is 9.10. The van der Waals surface area contributed by atoms with E-state index in [2.05, 4.69) is 15.9 Å². The molecule has 102 valence electrons. The van der Waals surface area contributed by atoms with Gasteiger partial charge >= 0.3 is 0 Å². The molecular weight excluding hydrogens is 330 g/mol. The lowest BCUT2D eigenvalue weighted by molar-refractivity contribution is -0.125. The van der Waals surface area contributed by atoms with Crippen LogP contribution in [0.25, 0.3) is 0 Å². The molecule has 1 heterocycles. The third kappa shape index (κ3) is 3.18. The maximum absolute atomic E-state index is 12.5. The van der Waals surface area contributed by atoms with E-state index in [1.165, 1.54) is 0 Å². The zero-order valence-electron chi connectivity index (χ0n) is 10.7. The van der Waals surface area contributed by atoms with Crippen molar-refractivity contribution in [1.82, 2.24) is 4.90 Å². The molecule has 0 aliphatic carbocycles. The Morgan fingerprint density at radius 3 is 2.95 bits per heavy atom. The Bertz CT molecular complexity index is 518. The number of piperidine rings is 1. The Hall–Kier alpha value is -0.870. The van der Waals surface area contributed by atoms with E-state index >= 15 is 0 Å². The fourth-order valence-corrected chi connectivity index (χ4v) is 2.87. The van der Waals surface area contributed by atoms with Gasteiger partial charge in [-0.25, -0.2) is 0 Å². The average molecular weight is 345 g/mol. The fourth-order valence-electron chi connectivity index (χ4n) is 2.28. The largest absolute Gasteiger partial charge is 0.337 e. The number of hydrogen-bond donors (Lipinski definition) is 0. The van der Waals surface area contributed by atoms with Crippen molar-refractivity contribution in [2.45, 2.75) is 19.8 Å². The van der Waals surface area contributed by atoms with E-state index in [0.29, 0.717) is 30.1 Å². The second-order valence-electron chi connectivity index (χ2n) is 4.70. The summed E-state index contributed by atoms with van der Waals surface area (Å²) < 4.78 is 0.729. The monoisotopic (exact) mass is 343 g/mol. The molecule has 1 saturated heterocycles. The number of amides is 1. The number of rotatable bonds is 2. The molecule has 1 fully saturated rings. The molecule has 1 aliphatic rings. The minimum Gasteiger partial charge on any atom is -0.337 e. The quantitative estimate of drug-likeness (QED) is 0.823. The van der Waals surface area contributed by atoms with Gasteiger partial charge in [-0.2, -0.15) is 0 Å². The lowest BCUT2D eigenvalue weighted by atomic mass is 9.93. The molecule has 1 amide bonds. The van der Waals surface area contributed by atoms with Gasteiger partial charge in [-0.15, -0.1) is 0 Å². The molecule has 0 spiro atoms. The molecule has 1 unspecified atom stereocenters. The molecule has 1 aromatic rings. The average Bonchev–Trinajstić information content (AvgIpc) is 2.41. The highest BCUT2D eigenvalue weighted by Gasteiger charge is 2.29. The van der Waals surface area contributed by atoms with Crippen LogP contribution >= 0.6 is 27.5 Å². The van der Waals surface area contributed by atoms with Gasteiger partial charge < -0.3 is 4.90 Å². The first kappa shape index (κ1) is 14.5. The predicted octanol–water partition coefficient (Wildman–Crippen LogP) is 3.54. The number of halogens is 2. The minimum atomic E-state index is -0.0691. The summed E-state index contributed by atoms with van der Waals surface area (Å²) in [6, 6.07) is 5.16. The summed E-state index contributed by atoms with van der Waals surface area (Å²) in [5.41, 5.74) is 0.553. The van der Waals surface area contributed by atoms with E-state index in [1.54, 1.807) is 23.1 Å². The lowest BCUT2D eigenvalue weighted by Gasteiger charge is -2.31. The fraction of sp³-hybridized carbons (Fsp3) is 0.429. The van der Waals surface area contributed by atoms with E-state index in [4.69, 9.17) is 11.6 Å². The topological polar surface area (TPSA) is 37.4 Å². The number of carbonyl (C=O) groups is 2. The van der Waals surface area contributed by atoms with Crippen LogP contribution in [0.5, 0.6) is 0 Å². The van der Waals surface area contributed by atoms with Crippen LogP contribution in [0.4, 0.5) is 0 Å². The standard InChI is InChI=1S/C14H15BrClNO2/c1-2-9-8-17(6-5-13(9)18)14(19)11-7-10(16)3-4-12(11)15/h3-4,7,9H,2,5-6,8H2,1H3. The summed E-state index contributed by atoms with van der Waals surface area (Å²) in [5.74, 6) is 0.160. The maximum atomic E-state index is 12.5. The SMILES string of the molecule is CCC1CN(C(=O)c2cc(Cl)ccc2Br)CCC1=O. The summed E-state index contributed by atoms with van der Waals surface area (Å²) in [7, 11) is 0.